The van der Waals surface area contributed by atoms with Gasteiger partial charge in [-0.2, -0.15) is 0 Å². The molecule has 0 bridgehead atoms. The zero-order chi connectivity index (χ0) is 24.6. The van der Waals surface area contributed by atoms with E-state index in [1.54, 1.807) is 13.2 Å². The quantitative estimate of drug-likeness (QED) is 0.324. The molecule has 0 unspecified atom stereocenters. The van der Waals surface area contributed by atoms with E-state index in [0.717, 1.165) is 40.7 Å². The predicted octanol–water partition coefficient (Wildman–Crippen LogP) is 4.77. The van der Waals surface area contributed by atoms with Gasteiger partial charge < -0.3 is 14.4 Å². The molecule has 190 valence electrons. The number of piperazine rings is 1. The number of esters is 1. The lowest BCUT2D eigenvalue weighted by atomic mass is 9.98. The third-order valence-corrected chi connectivity index (χ3v) is 6.48. The van der Waals surface area contributed by atoms with Crippen LogP contribution in [0.25, 0.3) is 16.8 Å². The summed E-state index contributed by atoms with van der Waals surface area (Å²) in [5.74, 6) is 0.277. The standard InChI is InChI=1S/C29H32N2O4.ClH/c1-22(24-9-10-26-21-27(34-2)12-11-25(26)20-24)29(33)35-19-18-30-14-16-31(17-15-30)28(32)13-8-23-6-4-3-5-7-23;/h3-13,20-22H,14-19H2,1-2H3;1H/b13-8+;/t22-;/m0./s1. The van der Waals surface area contributed by atoms with Gasteiger partial charge in [0.05, 0.1) is 13.0 Å². The lowest BCUT2D eigenvalue weighted by Crippen LogP contribution is -2.49. The van der Waals surface area contributed by atoms with Crippen molar-refractivity contribution in [2.24, 2.45) is 0 Å². The first kappa shape index (κ1) is 27.2. The molecule has 3 aromatic carbocycles. The molecule has 3 aromatic rings. The fourth-order valence-corrected chi connectivity index (χ4v) is 4.20. The average Bonchev–Trinajstić information content (AvgIpc) is 2.91. The van der Waals surface area contributed by atoms with Gasteiger partial charge in [-0.05, 0) is 47.0 Å². The number of amides is 1. The van der Waals surface area contributed by atoms with Crippen molar-refractivity contribution in [3.8, 4) is 5.75 Å². The van der Waals surface area contributed by atoms with Crippen LogP contribution in [0.5, 0.6) is 5.75 Å². The summed E-state index contributed by atoms with van der Waals surface area (Å²) in [6, 6.07) is 21.7. The van der Waals surface area contributed by atoms with E-state index in [1.165, 1.54) is 0 Å². The maximum atomic E-state index is 12.6. The van der Waals surface area contributed by atoms with Crippen LogP contribution < -0.4 is 4.74 Å². The van der Waals surface area contributed by atoms with Crippen LogP contribution in [0.15, 0.2) is 72.8 Å². The van der Waals surface area contributed by atoms with Gasteiger partial charge in [0.25, 0.3) is 0 Å². The molecule has 1 heterocycles. The van der Waals surface area contributed by atoms with Gasteiger partial charge in [-0.15, -0.1) is 12.4 Å². The Hall–Kier alpha value is -3.35. The van der Waals surface area contributed by atoms with Crippen molar-refractivity contribution in [2.45, 2.75) is 12.8 Å². The molecule has 4 rings (SSSR count). The fraction of sp³-hybridized carbons (Fsp3) is 0.310. The van der Waals surface area contributed by atoms with E-state index in [1.807, 2.05) is 84.6 Å². The first-order valence-electron chi connectivity index (χ1n) is 12.0. The molecule has 1 amide bonds. The number of halogens is 1. The Labute approximate surface area is 218 Å². The molecule has 0 aliphatic carbocycles. The van der Waals surface area contributed by atoms with Crippen molar-refractivity contribution in [3.05, 3.63) is 83.9 Å². The van der Waals surface area contributed by atoms with Gasteiger partial charge >= 0.3 is 5.97 Å². The third-order valence-electron chi connectivity index (χ3n) is 6.48. The summed E-state index contributed by atoms with van der Waals surface area (Å²) in [4.78, 5) is 29.2. The zero-order valence-corrected chi connectivity index (χ0v) is 21.6. The fourth-order valence-electron chi connectivity index (χ4n) is 4.20. The van der Waals surface area contributed by atoms with Gasteiger partial charge in [-0.3, -0.25) is 14.5 Å². The molecule has 0 radical (unpaired) electrons. The van der Waals surface area contributed by atoms with Gasteiger partial charge in [-0.25, -0.2) is 0 Å². The van der Waals surface area contributed by atoms with Crippen molar-refractivity contribution in [3.63, 3.8) is 0 Å². The van der Waals surface area contributed by atoms with Gasteiger partial charge in [0.1, 0.15) is 12.4 Å². The van der Waals surface area contributed by atoms with Gasteiger partial charge in [0.2, 0.25) is 5.91 Å². The molecule has 1 aliphatic heterocycles. The number of ether oxygens (including phenoxy) is 2. The Kier molecular flexibility index (Phi) is 9.91. The van der Waals surface area contributed by atoms with Crippen LogP contribution in [0.1, 0.15) is 24.0 Å². The van der Waals surface area contributed by atoms with Crippen LogP contribution in [0.3, 0.4) is 0 Å². The van der Waals surface area contributed by atoms with Gasteiger partial charge in [0.15, 0.2) is 0 Å². The minimum absolute atomic E-state index is 0. The highest BCUT2D eigenvalue weighted by molar-refractivity contribution is 5.92. The summed E-state index contributed by atoms with van der Waals surface area (Å²) in [6.45, 7) is 5.76. The number of nitrogens with zero attached hydrogens (tertiary/aromatic N) is 2. The second-order valence-electron chi connectivity index (χ2n) is 8.77. The topological polar surface area (TPSA) is 59.1 Å². The van der Waals surface area contributed by atoms with Crippen LogP contribution >= 0.6 is 12.4 Å². The molecular formula is C29H33ClN2O4. The van der Waals surface area contributed by atoms with Crippen LogP contribution in [-0.4, -0.2) is 68.1 Å². The lowest BCUT2D eigenvalue weighted by molar-refractivity contribution is -0.145. The number of fused-ring (bicyclic) bond motifs is 1. The monoisotopic (exact) mass is 508 g/mol. The predicted molar refractivity (Wildman–Crippen MR) is 146 cm³/mol. The molecule has 0 N–H and O–H groups in total. The molecule has 1 atom stereocenters. The second kappa shape index (κ2) is 13.1. The summed E-state index contributed by atoms with van der Waals surface area (Å²) in [6.07, 6.45) is 3.49. The second-order valence-corrected chi connectivity index (χ2v) is 8.77. The van der Waals surface area contributed by atoms with Gasteiger partial charge in [0, 0.05) is 38.8 Å². The molecule has 36 heavy (non-hydrogen) atoms. The van der Waals surface area contributed by atoms with Crippen molar-refractivity contribution < 1.29 is 19.1 Å². The summed E-state index contributed by atoms with van der Waals surface area (Å²) >= 11 is 0. The Morgan fingerprint density at radius 1 is 0.944 bits per heavy atom. The molecule has 0 spiro atoms. The van der Waals surface area contributed by atoms with E-state index in [-0.39, 0.29) is 30.2 Å². The van der Waals surface area contributed by atoms with E-state index in [9.17, 15) is 9.59 Å². The van der Waals surface area contributed by atoms with E-state index >= 15 is 0 Å². The molecule has 1 saturated heterocycles. The molecule has 7 heteroatoms. The number of carbonyl (C=O) groups is 2. The van der Waals surface area contributed by atoms with E-state index < -0.39 is 0 Å². The number of hydrogen-bond acceptors (Lipinski definition) is 5. The molecule has 0 aromatic heterocycles. The number of benzene rings is 3. The Morgan fingerprint density at radius 3 is 2.36 bits per heavy atom. The Balaban J connectivity index is 0.00000361. The summed E-state index contributed by atoms with van der Waals surface area (Å²) in [7, 11) is 1.65. The highest BCUT2D eigenvalue weighted by atomic mass is 35.5. The minimum Gasteiger partial charge on any atom is -0.497 e. The van der Waals surface area contributed by atoms with Crippen molar-refractivity contribution >= 4 is 41.1 Å². The van der Waals surface area contributed by atoms with E-state index in [4.69, 9.17) is 9.47 Å². The minimum atomic E-state index is -0.340. The average molecular weight is 509 g/mol. The largest absolute Gasteiger partial charge is 0.497 e. The normalized spacial score (nSPS) is 14.9. The number of methoxy groups -OCH3 is 1. The molecule has 1 aliphatic rings. The first-order chi connectivity index (χ1) is 17.0. The number of carbonyl (C=O) groups excluding carboxylic acids is 2. The summed E-state index contributed by atoms with van der Waals surface area (Å²) in [5.41, 5.74) is 1.95. The van der Waals surface area contributed by atoms with Crippen molar-refractivity contribution in [1.82, 2.24) is 9.80 Å². The smallest absolute Gasteiger partial charge is 0.313 e. The van der Waals surface area contributed by atoms with Crippen molar-refractivity contribution in [1.29, 1.82) is 0 Å². The molecular weight excluding hydrogens is 476 g/mol. The van der Waals surface area contributed by atoms with E-state index in [0.29, 0.717) is 26.2 Å². The maximum Gasteiger partial charge on any atom is 0.313 e. The van der Waals surface area contributed by atoms with Crippen LogP contribution in [0.2, 0.25) is 0 Å². The van der Waals surface area contributed by atoms with E-state index in [2.05, 4.69) is 4.90 Å². The molecule has 1 fully saturated rings. The SMILES string of the molecule is COc1ccc2cc([C@H](C)C(=O)OCCN3CCN(C(=O)/C=C/c4ccccc4)CC3)ccc2c1.Cl. The number of hydrogen-bond donors (Lipinski definition) is 0. The van der Waals surface area contributed by atoms with Crippen LogP contribution in [0.4, 0.5) is 0 Å². The zero-order valence-electron chi connectivity index (χ0n) is 20.8. The van der Waals surface area contributed by atoms with Crippen LogP contribution in [0, 0.1) is 0 Å². The third kappa shape index (κ3) is 7.09. The maximum absolute atomic E-state index is 12.6. The lowest BCUT2D eigenvalue weighted by Gasteiger charge is -2.34. The molecule has 6 nitrogen and oxygen atoms in total. The first-order valence-corrected chi connectivity index (χ1v) is 12.0. The summed E-state index contributed by atoms with van der Waals surface area (Å²) < 4.78 is 10.9. The highest BCUT2D eigenvalue weighted by Gasteiger charge is 2.21. The Morgan fingerprint density at radius 2 is 1.64 bits per heavy atom. The number of rotatable bonds is 8. The van der Waals surface area contributed by atoms with Crippen LogP contribution in [-0.2, 0) is 14.3 Å². The molecule has 0 saturated carbocycles. The van der Waals surface area contributed by atoms with Crippen molar-refractivity contribution in [2.75, 3.05) is 46.4 Å². The Bertz CT molecular complexity index is 1190. The summed E-state index contributed by atoms with van der Waals surface area (Å²) in [5, 5.41) is 2.14. The van der Waals surface area contributed by atoms with Gasteiger partial charge in [-0.1, -0.05) is 54.6 Å². The highest BCUT2D eigenvalue weighted by Crippen LogP contribution is 2.25.